The Balaban J connectivity index is 1.83. The molecule has 1 saturated heterocycles. The van der Waals surface area contributed by atoms with E-state index in [0.717, 1.165) is 5.56 Å². The molecule has 1 aliphatic heterocycles. The van der Waals surface area contributed by atoms with Gasteiger partial charge >= 0.3 is 12.0 Å². The highest BCUT2D eigenvalue weighted by Crippen LogP contribution is 2.09. The Morgan fingerprint density at radius 2 is 1.84 bits per heavy atom. The number of amides is 3. The average Bonchev–Trinajstić information content (AvgIpc) is 2.80. The first-order chi connectivity index (χ1) is 15.4. The number of nitriles is 1. The molecule has 2 N–H and O–H groups in total. The van der Waals surface area contributed by atoms with Crippen LogP contribution < -0.4 is 10.6 Å². The van der Waals surface area contributed by atoms with Gasteiger partial charge in [-0.25, -0.2) is 4.79 Å². The molecule has 1 fully saturated rings. The highest BCUT2D eigenvalue weighted by atomic mass is 16.5. The second-order valence-corrected chi connectivity index (χ2v) is 8.11. The summed E-state index contributed by atoms with van der Waals surface area (Å²) in [6.45, 7) is 5.92. The van der Waals surface area contributed by atoms with E-state index in [9.17, 15) is 19.6 Å². The fourth-order valence-corrected chi connectivity index (χ4v) is 3.22. The third-order valence-electron chi connectivity index (χ3n) is 4.97. The molecule has 2 rings (SSSR count). The van der Waals surface area contributed by atoms with E-state index < -0.39 is 24.0 Å². The predicted octanol–water partition coefficient (Wildman–Crippen LogP) is 1.97. The van der Waals surface area contributed by atoms with Gasteiger partial charge in [0.05, 0.1) is 19.3 Å². The van der Waals surface area contributed by atoms with E-state index in [-0.39, 0.29) is 31.4 Å². The summed E-state index contributed by atoms with van der Waals surface area (Å²) in [5.41, 5.74) is 0.874. The van der Waals surface area contributed by atoms with Gasteiger partial charge in [-0.2, -0.15) is 5.26 Å². The van der Waals surface area contributed by atoms with Gasteiger partial charge in [-0.3, -0.25) is 9.59 Å². The van der Waals surface area contributed by atoms with Gasteiger partial charge in [-0.15, -0.1) is 0 Å². The molecular formula is C23H32N4O5. The molecule has 9 nitrogen and oxygen atoms in total. The van der Waals surface area contributed by atoms with Crippen LogP contribution in [0.4, 0.5) is 4.79 Å². The molecule has 0 aliphatic carbocycles. The number of nitrogens with one attached hydrogen (secondary N) is 2. The molecule has 1 heterocycles. The zero-order chi connectivity index (χ0) is 23.3. The van der Waals surface area contributed by atoms with E-state index >= 15 is 0 Å². The number of morpholine rings is 1. The lowest BCUT2D eigenvalue weighted by atomic mass is 10.0. The number of hydrogen-bond acceptors (Lipinski definition) is 6. The molecule has 0 spiro atoms. The predicted molar refractivity (Wildman–Crippen MR) is 117 cm³/mol. The molecule has 2 atom stereocenters. The van der Waals surface area contributed by atoms with Crippen LogP contribution in [0.15, 0.2) is 30.3 Å². The second kappa shape index (κ2) is 13.3. The summed E-state index contributed by atoms with van der Waals surface area (Å²) in [5.74, 6) is -0.726. The fraction of sp³-hybridized carbons (Fsp3) is 0.565. The molecule has 1 aliphatic rings. The average molecular weight is 445 g/mol. The van der Waals surface area contributed by atoms with Crippen molar-refractivity contribution in [1.82, 2.24) is 15.5 Å². The number of benzene rings is 1. The molecule has 1 aromatic rings. The molecule has 0 bridgehead atoms. The maximum atomic E-state index is 12.8. The molecule has 0 saturated carbocycles. The van der Waals surface area contributed by atoms with Crippen molar-refractivity contribution in [1.29, 1.82) is 5.26 Å². The maximum absolute atomic E-state index is 12.8. The number of esters is 1. The van der Waals surface area contributed by atoms with Gasteiger partial charge in [0, 0.05) is 19.5 Å². The first-order valence-electron chi connectivity index (χ1n) is 10.9. The van der Waals surface area contributed by atoms with Crippen LogP contribution in [0.1, 0.15) is 38.7 Å². The minimum Gasteiger partial charge on any atom is -0.461 e. The number of carbonyl (C=O) groups is 3. The smallest absolute Gasteiger partial charge is 0.318 e. The van der Waals surface area contributed by atoms with E-state index in [1.807, 2.05) is 50.2 Å². The fourth-order valence-electron chi connectivity index (χ4n) is 3.22. The van der Waals surface area contributed by atoms with Crippen molar-refractivity contribution in [3.05, 3.63) is 35.9 Å². The Bertz CT molecular complexity index is 787. The maximum Gasteiger partial charge on any atom is 0.318 e. The third kappa shape index (κ3) is 8.94. The lowest BCUT2D eigenvalue weighted by molar-refractivity contribution is -0.145. The minimum atomic E-state index is -0.860. The number of ether oxygens (including phenoxy) is 2. The summed E-state index contributed by atoms with van der Waals surface area (Å²) >= 11 is 0. The van der Waals surface area contributed by atoms with Crippen molar-refractivity contribution in [3.8, 4) is 6.07 Å². The standard InChI is InChI=1S/C23H32N4O5/c1-17(2)14-20(26-23(30)27-10-12-31-13-11-27)22(29)25-19(15-24)8-9-21(28)32-16-18-6-4-3-5-7-18/h3-7,17,19-20H,8-14,16H2,1-2H3,(H,25,29)(H,26,30)/t19-,20-/m0/s1. The molecule has 174 valence electrons. The van der Waals surface area contributed by atoms with Gasteiger partial charge < -0.3 is 25.0 Å². The topological polar surface area (TPSA) is 121 Å². The van der Waals surface area contributed by atoms with Crippen molar-refractivity contribution in [3.63, 3.8) is 0 Å². The van der Waals surface area contributed by atoms with Crippen molar-refractivity contribution in [2.75, 3.05) is 26.3 Å². The summed E-state index contributed by atoms with van der Waals surface area (Å²) in [6, 6.07) is 9.35. The first-order valence-corrected chi connectivity index (χ1v) is 10.9. The molecule has 32 heavy (non-hydrogen) atoms. The Morgan fingerprint density at radius 1 is 1.16 bits per heavy atom. The van der Waals surface area contributed by atoms with Crippen LogP contribution in [-0.2, 0) is 25.7 Å². The number of nitrogens with zero attached hydrogens (tertiary/aromatic N) is 2. The number of urea groups is 1. The van der Waals surface area contributed by atoms with E-state index in [0.29, 0.717) is 32.7 Å². The van der Waals surface area contributed by atoms with Crippen molar-refractivity contribution >= 4 is 17.9 Å². The highest BCUT2D eigenvalue weighted by molar-refractivity contribution is 5.87. The third-order valence-corrected chi connectivity index (χ3v) is 4.97. The van der Waals surface area contributed by atoms with Crippen LogP contribution in [0.3, 0.4) is 0 Å². The molecular weight excluding hydrogens is 412 g/mol. The van der Waals surface area contributed by atoms with Crippen LogP contribution in [0.25, 0.3) is 0 Å². The minimum absolute atomic E-state index is 0.000322. The summed E-state index contributed by atoms with van der Waals surface area (Å²) < 4.78 is 10.5. The highest BCUT2D eigenvalue weighted by Gasteiger charge is 2.27. The summed E-state index contributed by atoms with van der Waals surface area (Å²) in [4.78, 5) is 38.9. The number of hydrogen-bond donors (Lipinski definition) is 2. The first kappa shape index (κ1) is 25.1. The van der Waals surface area contributed by atoms with Gasteiger partial charge in [0.1, 0.15) is 18.7 Å². The van der Waals surface area contributed by atoms with Gasteiger partial charge in [-0.1, -0.05) is 44.2 Å². The lowest BCUT2D eigenvalue weighted by Crippen LogP contribution is -2.55. The summed E-state index contributed by atoms with van der Waals surface area (Å²) in [7, 11) is 0. The lowest BCUT2D eigenvalue weighted by Gasteiger charge is -2.29. The Kier molecular flexibility index (Phi) is 10.5. The van der Waals surface area contributed by atoms with E-state index in [2.05, 4.69) is 10.6 Å². The molecule has 0 aromatic heterocycles. The summed E-state index contributed by atoms with van der Waals surface area (Å²) in [5, 5.41) is 14.8. The Labute approximate surface area is 189 Å². The number of carbonyl (C=O) groups excluding carboxylic acids is 3. The zero-order valence-corrected chi connectivity index (χ0v) is 18.7. The molecule has 1 aromatic carbocycles. The zero-order valence-electron chi connectivity index (χ0n) is 18.7. The quantitative estimate of drug-likeness (QED) is 0.532. The van der Waals surface area contributed by atoms with Crippen LogP contribution in [0, 0.1) is 17.2 Å². The van der Waals surface area contributed by atoms with Crippen molar-refractivity contribution in [2.45, 2.75) is 51.8 Å². The largest absolute Gasteiger partial charge is 0.461 e. The van der Waals surface area contributed by atoms with Gasteiger partial charge in [0.2, 0.25) is 5.91 Å². The molecule has 0 unspecified atom stereocenters. The second-order valence-electron chi connectivity index (χ2n) is 8.11. The van der Waals surface area contributed by atoms with Crippen LogP contribution >= 0.6 is 0 Å². The molecule has 3 amide bonds. The normalized spacial score (nSPS) is 15.4. The van der Waals surface area contributed by atoms with E-state index in [4.69, 9.17) is 9.47 Å². The molecule has 0 radical (unpaired) electrons. The van der Waals surface area contributed by atoms with E-state index in [1.165, 1.54) is 0 Å². The Morgan fingerprint density at radius 3 is 2.47 bits per heavy atom. The Hall–Kier alpha value is -3.12. The van der Waals surface area contributed by atoms with Gasteiger partial charge in [0.15, 0.2) is 0 Å². The summed E-state index contributed by atoms with van der Waals surface area (Å²) in [6.07, 6.45) is 0.557. The van der Waals surface area contributed by atoms with Gasteiger partial charge in [0.25, 0.3) is 0 Å². The SMILES string of the molecule is CC(C)C[C@H](NC(=O)N1CCOCC1)C(=O)N[C@H](C#N)CCC(=O)OCc1ccccc1. The van der Waals surface area contributed by atoms with Crippen molar-refractivity contribution < 1.29 is 23.9 Å². The van der Waals surface area contributed by atoms with Crippen LogP contribution in [-0.4, -0.2) is 61.2 Å². The van der Waals surface area contributed by atoms with Gasteiger partial charge in [-0.05, 0) is 24.3 Å². The number of rotatable bonds is 10. The monoisotopic (exact) mass is 444 g/mol. The van der Waals surface area contributed by atoms with E-state index in [1.54, 1.807) is 4.90 Å². The van der Waals surface area contributed by atoms with Crippen molar-refractivity contribution in [2.24, 2.45) is 5.92 Å². The molecule has 9 heteroatoms. The van der Waals surface area contributed by atoms with Crippen LogP contribution in [0.2, 0.25) is 0 Å². The van der Waals surface area contributed by atoms with Crippen LogP contribution in [0.5, 0.6) is 0 Å².